The van der Waals surface area contributed by atoms with Gasteiger partial charge in [-0.3, -0.25) is 19.1 Å². The van der Waals surface area contributed by atoms with Crippen LogP contribution in [-0.2, 0) is 7.05 Å². The molecule has 1 fully saturated rings. The Balaban J connectivity index is 1.54. The van der Waals surface area contributed by atoms with E-state index in [0.717, 1.165) is 35.1 Å². The fourth-order valence-electron chi connectivity index (χ4n) is 4.38. The average Bonchev–Trinajstić information content (AvgIpc) is 2.99. The Labute approximate surface area is 178 Å². The summed E-state index contributed by atoms with van der Waals surface area (Å²) in [5, 5.41) is 13.6. The lowest BCUT2D eigenvalue weighted by molar-refractivity contribution is 0.00991. The van der Waals surface area contributed by atoms with Crippen molar-refractivity contribution in [2.75, 3.05) is 5.32 Å². The lowest BCUT2D eigenvalue weighted by Gasteiger charge is -2.33. The summed E-state index contributed by atoms with van der Waals surface area (Å²) in [6.07, 6.45) is 7.81. The van der Waals surface area contributed by atoms with Crippen LogP contribution in [0.3, 0.4) is 0 Å². The van der Waals surface area contributed by atoms with Crippen molar-refractivity contribution in [2.45, 2.75) is 51.2 Å². The molecule has 1 saturated carbocycles. The van der Waals surface area contributed by atoms with Crippen molar-refractivity contribution in [1.82, 2.24) is 29.1 Å². The first kappa shape index (κ1) is 19.6. The van der Waals surface area contributed by atoms with Crippen LogP contribution in [0.1, 0.15) is 44.2 Å². The van der Waals surface area contributed by atoms with Gasteiger partial charge in [-0.05, 0) is 57.2 Å². The van der Waals surface area contributed by atoms with Gasteiger partial charge in [0.2, 0.25) is 5.95 Å². The second kappa shape index (κ2) is 7.12. The highest BCUT2D eigenvalue weighted by Gasteiger charge is 2.31. The predicted octanol–water partition coefficient (Wildman–Crippen LogP) is 2.99. The van der Waals surface area contributed by atoms with Gasteiger partial charge in [0, 0.05) is 31.2 Å². The van der Waals surface area contributed by atoms with Gasteiger partial charge in [0.1, 0.15) is 5.52 Å². The summed E-state index contributed by atoms with van der Waals surface area (Å²) >= 11 is 0. The van der Waals surface area contributed by atoms with Crippen molar-refractivity contribution < 1.29 is 5.11 Å². The molecule has 0 bridgehead atoms. The van der Waals surface area contributed by atoms with Gasteiger partial charge < -0.3 is 10.4 Å². The molecule has 0 saturated heterocycles. The molecule has 0 amide bonds. The highest BCUT2D eigenvalue weighted by molar-refractivity contribution is 5.82. The number of benzene rings is 1. The van der Waals surface area contributed by atoms with Crippen molar-refractivity contribution in [3.63, 3.8) is 0 Å². The van der Waals surface area contributed by atoms with Crippen LogP contribution in [0.25, 0.3) is 22.2 Å². The Hall–Kier alpha value is -3.33. The molecular formula is C22H25N7O2. The standard InChI is InChI=1S/C22H25N7O2/c1-13-10-16-17(24-9-8-23-16)11-15(13)26-20-25-12-18-19(27-20)29(21(30)28(18)3)14-4-6-22(2,31)7-5-14/h8-12,14,31H,4-7H2,1-3H3,(H,25,26,27). The van der Waals surface area contributed by atoms with Gasteiger partial charge in [-0.2, -0.15) is 4.98 Å². The number of fused-ring (bicyclic) bond motifs is 2. The van der Waals surface area contributed by atoms with Gasteiger partial charge in [0.15, 0.2) is 5.65 Å². The number of aryl methyl sites for hydroxylation is 2. The minimum atomic E-state index is -0.664. The second-order valence-corrected chi connectivity index (χ2v) is 8.68. The topological polar surface area (TPSA) is 111 Å². The van der Waals surface area contributed by atoms with E-state index in [-0.39, 0.29) is 11.7 Å². The van der Waals surface area contributed by atoms with Gasteiger partial charge >= 0.3 is 5.69 Å². The third-order valence-electron chi connectivity index (χ3n) is 6.29. The van der Waals surface area contributed by atoms with Crippen molar-refractivity contribution in [1.29, 1.82) is 0 Å². The second-order valence-electron chi connectivity index (χ2n) is 8.68. The molecule has 3 aromatic heterocycles. The summed E-state index contributed by atoms with van der Waals surface area (Å²) in [4.78, 5) is 30.8. The van der Waals surface area contributed by atoms with E-state index in [9.17, 15) is 9.90 Å². The van der Waals surface area contributed by atoms with Crippen LogP contribution in [0, 0.1) is 6.92 Å². The molecule has 0 radical (unpaired) electrons. The number of aliphatic hydroxyl groups is 1. The predicted molar refractivity (Wildman–Crippen MR) is 118 cm³/mol. The summed E-state index contributed by atoms with van der Waals surface area (Å²) in [6, 6.07) is 3.90. The molecule has 0 atom stereocenters. The van der Waals surface area contributed by atoms with E-state index in [1.165, 1.54) is 0 Å². The van der Waals surface area contributed by atoms with Crippen LogP contribution >= 0.6 is 0 Å². The Kier molecular flexibility index (Phi) is 4.51. The number of anilines is 2. The third kappa shape index (κ3) is 3.44. The Bertz CT molecular complexity index is 1350. The normalized spacial score (nSPS) is 21.6. The highest BCUT2D eigenvalue weighted by atomic mass is 16.3. The molecule has 1 aliphatic rings. The van der Waals surface area contributed by atoms with Crippen LogP contribution in [0.15, 0.2) is 35.5 Å². The molecule has 3 heterocycles. The zero-order chi connectivity index (χ0) is 21.8. The maximum absolute atomic E-state index is 13.0. The molecule has 2 N–H and O–H groups in total. The molecule has 0 spiro atoms. The first-order chi connectivity index (χ1) is 14.8. The maximum Gasteiger partial charge on any atom is 0.330 e. The molecule has 160 valence electrons. The summed E-state index contributed by atoms with van der Waals surface area (Å²) in [5.41, 5.74) is 3.97. The minimum absolute atomic E-state index is 0.0110. The monoisotopic (exact) mass is 419 g/mol. The van der Waals surface area contributed by atoms with Gasteiger partial charge in [-0.15, -0.1) is 0 Å². The SMILES string of the molecule is Cc1cc2nccnc2cc1Nc1ncc2c(n1)n(C1CCC(C)(O)CC1)c(=O)n2C. The molecule has 31 heavy (non-hydrogen) atoms. The molecule has 4 aromatic rings. The van der Waals surface area contributed by atoms with Crippen molar-refractivity contribution >= 4 is 33.8 Å². The van der Waals surface area contributed by atoms with Gasteiger partial charge in [-0.1, -0.05) is 0 Å². The molecule has 1 aromatic carbocycles. The third-order valence-corrected chi connectivity index (χ3v) is 6.29. The van der Waals surface area contributed by atoms with E-state index in [1.807, 2.05) is 26.0 Å². The largest absolute Gasteiger partial charge is 0.390 e. The van der Waals surface area contributed by atoms with Crippen molar-refractivity contribution in [3.8, 4) is 0 Å². The zero-order valence-electron chi connectivity index (χ0n) is 17.8. The van der Waals surface area contributed by atoms with E-state index in [0.29, 0.717) is 30.0 Å². The Morgan fingerprint density at radius 2 is 1.81 bits per heavy atom. The van der Waals surface area contributed by atoms with Crippen LogP contribution in [0.5, 0.6) is 0 Å². The van der Waals surface area contributed by atoms with Crippen LogP contribution < -0.4 is 11.0 Å². The van der Waals surface area contributed by atoms with Crippen molar-refractivity contribution in [2.24, 2.45) is 7.05 Å². The number of aromatic nitrogens is 6. The van der Waals surface area contributed by atoms with E-state index < -0.39 is 5.60 Å². The number of nitrogens with one attached hydrogen (secondary N) is 1. The molecule has 9 heteroatoms. The average molecular weight is 419 g/mol. The summed E-state index contributed by atoms with van der Waals surface area (Å²) in [5.74, 6) is 0.418. The van der Waals surface area contributed by atoms with Crippen LogP contribution in [0.4, 0.5) is 11.6 Å². The highest BCUT2D eigenvalue weighted by Crippen LogP contribution is 2.35. The van der Waals surface area contributed by atoms with Gasteiger partial charge in [0.05, 0.1) is 22.8 Å². The van der Waals surface area contributed by atoms with Gasteiger partial charge in [0.25, 0.3) is 0 Å². The molecule has 0 aliphatic heterocycles. The number of hydrogen-bond donors (Lipinski definition) is 2. The molecule has 1 aliphatic carbocycles. The Morgan fingerprint density at radius 3 is 2.52 bits per heavy atom. The first-order valence-electron chi connectivity index (χ1n) is 10.5. The molecule has 9 nitrogen and oxygen atoms in total. The lowest BCUT2D eigenvalue weighted by Crippen LogP contribution is -2.35. The lowest BCUT2D eigenvalue weighted by atomic mass is 9.83. The van der Waals surface area contributed by atoms with E-state index >= 15 is 0 Å². The smallest absolute Gasteiger partial charge is 0.330 e. The first-order valence-corrected chi connectivity index (χ1v) is 10.5. The van der Waals surface area contributed by atoms with Gasteiger partial charge in [-0.25, -0.2) is 9.78 Å². The van der Waals surface area contributed by atoms with E-state index in [4.69, 9.17) is 4.98 Å². The minimum Gasteiger partial charge on any atom is -0.390 e. The van der Waals surface area contributed by atoms with E-state index in [2.05, 4.69) is 20.3 Å². The van der Waals surface area contributed by atoms with Crippen molar-refractivity contribution in [3.05, 3.63) is 46.8 Å². The number of nitrogens with zero attached hydrogens (tertiary/aromatic N) is 6. The fourth-order valence-corrected chi connectivity index (χ4v) is 4.38. The summed E-state index contributed by atoms with van der Waals surface area (Å²) < 4.78 is 3.35. The molecular weight excluding hydrogens is 394 g/mol. The quantitative estimate of drug-likeness (QED) is 0.525. The fraction of sp³-hybridized carbons (Fsp3) is 0.409. The van der Waals surface area contributed by atoms with Crippen LogP contribution in [-0.4, -0.2) is 39.8 Å². The number of rotatable bonds is 3. The maximum atomic E-state index is 13.0. The number of hydrogen-bond acceptors (Lipinski definition) is 7. The number of imidazole rings is 1. The molecule has 5 rings (SSSR count). The zero-order valence-corrected chi connectivity index (χ0v) is 17.8. The summed E-state index contributed by atoms with van der Waals surface area (Å²) in [6.45, 7) is 3.84. The van der Waals surface area contributed by atoms with E-state index in [1.54, 1.807) is 34.8 Å². The Morgan fingerprint density at radius 1 is 1.13 bits per heavy atom. The van der Waals surface area contributed by atoms with Crippen LogP contribution in [0.2, 0.25) is 0 Å². The summed E-state index contributed by atoms with van der Waals surface area (Å²) in [7, 11) is 1.74. The molecule has 0 unspecified atom stereocenters.